The van der Waals surface area contributed by atoms with Crippen molar-refractivity contribution in [2.24, 2.45) is 11.5 Å². The Morgan fingerprint density at radius 2 is 1.88 bits per heavy atom. The van der Waals surface area contributed by atoms with Gasteiger partial charge in [-0.3, -0.25) is 19.2 Å². The fourth-order valence-electron chi connectivity index (χ4n) is 2.36. The zero-order chi connectivity index (χ0) is 20.0. The van der Waals surface area contributed by atoms with Crippen LogP contribution in [0.4, 0.5) is 0 Å². The molecule has 0 aromatic rings. The van der Waals surface area contributed by atoms with Gasteiger partial charge in [-0.15, -0.1) is 0 Å². The Labute approximate surface area is 150 Å². The highest BCUT2D eigenvalue weighted by molar-refractivity contribution is 5.98. The van der Waals surface area contributed by atoms with Gasteiger partial charge in [0.25, 0.3) is 0 Å². The van der Waals surface area contributed by atoms with Crippen LogP contribution in [0.2, 0.25) is 0 Å². The summed E-state index contributed by atoms with van der Waals surface area (Å²) in [6.45, 7) is 1.60. The first-order chi connectivity index (χ1) is 12.1. The van der Waals surface area contributed by atoms with Crippen LogP contribution in [-0.4, -0.2) is 71.2 Å². The standard InChI is InChI=1S/C15H25N5O6/c1-6(18-2)14(25)19-8-3-7(4-10(21)12(8)23)15(26)20-9(13(17)24)5-11(16)22/h3,6,8-10,12,18,21,23H,4-5H2,1-2H3,(H2,16,22)(H2,17,24)(H,19,25)(H,20,26). The predicted molar refractivity (Wildman–Crippen MR) is 90.1 cm³/mol. The Kier molecular flexibility index (Phi) is 7.68. The Hall–Kier alpha value is -2.50. The summed E-state index contributed by atoms with van der Waals surface area (Å²) in [4.78, 5) is 46.5. The van der Waals surface area contributed by atoms with Crippen molar-refractivity contribution in [1.29, 1.82) is 0 Å². The first-order valence-corrected chi connectivity index (χ1v) is 7.99. The maximum Gasteiger partial charge on any atom is 0.247 e. The van der Waals surface area contributed by atoms with Gasteiger partial charge >= 0.3 is 0 Å². The molecule has 1 aliphatic rings. The monoisotopic (exact) mass is 371 g/mol. The molecule has 5 unspecified atom stereocenters. The van der Waals surface area contributed by atoms with E-state index in [2.05, 4.69) is 16.0 Å². The third kappa shape index (κ3) is 5.79. The lowest BCUT2D eigenvalue weighted by molar-refractivity contribution is -0.128. The normalized spacial score (nSPS) is 24.8. The number of nitrogens with two attached hydrogens (primary N) is 2. The minimum Gasteiger partial charge on any atom is -0.390 e. The van der Waals surface area contributed by atoms with Crippen molar-refractivity contribution in [1.82, 2.24) is 16.0 Å². The lowest BCUT2D eigenvalue weighted by Crippen LogP contribution is -2.54. The molecule has 0 fully saturated rings. The van der Waals surface area contributed by atoms with Crippen molar-refractivity contribution in [2.45, 2.75) is 50.1 Å². The number of carbonyl (C=O) groups is 4. The zero-order valence-corrected chi connectivity index (χ0v) is 14.6. The van der Waals surface area contributed by atoms with Crippen LogP contribution in [0.25, 0.3) is 0 Å². The fourth-order valence-corrected chi connectivity index (χ4v) is 2.36. The number of primary amides is 2. The second-order valence-electron chi connectivity index (χ2n) is 6.10. The Morgan fingerprint density at radius 3 is 2.38 bits per heavy atom. The average molecular weight is 371 g/mol. The van der Waals surface area contributed by atoms with E-state index in [0.29, 0.717) is 0 Å². The number of hydrogen-bond acceptors (Lipinski definition) is 7. The molecule has 0 bridgehead atoms. The summed E-state index contributed by atoms with van der Waals surface area (Å²) < 4.78 is 0. The summed E-state index contributed by atoms with van der Waals surface area (Å²) in [6.07, 6.45) is -2.01. The van der Waals surface area contributed by atoms with Crippen LogP contribution < -0.4 is 27.4 Å². The number of aliphatic hydroxyl groups is 2. The number of hydrogen-bond donors (Lipinski definition) is 7. The first kappa shape index (κ1) is 21.5. The number of aliphatic hydroxyl groups excluding tert-OH is 2. The minimum atomic E-state index is -1.31. The molecule has 0 heterocycles. The molecule has 0 aromatic heterocycles. The maximum absolute atomic E-state index is 12.3. The van der Waals surface area contributed by atoms with E-state index >= 15 is 0 Å². The Morgan fingerprint density at radius 1 is 1.27 bits per heavy atom. The third-order valence-corrected chi connectivity index (χ3v) is 4.05. The average Bonchev–Trinajstić information content (AvgIpc) is 2.56. The summed E-state index contributed by atoms with van der Waals surface area (Å²) in [6, 6.07) is -2.87. The molecule has 11 nitrogen and oxygen atoms in total. The summed E-state index contributed by atoms with van der Waals surface area (Å²) in [5, 5.41) is 27.5. The molecular weight excluding hydrogens is 346 g/mol. The molecule has 0 spiro atoms. The lowest BCUT2D eigenvalue weighted by atomic mass is 9.89. The molecule has 5 atom stereocenters. The second-order valence-corrected chi connectivity index (χ2v) is 6.10. The van der Waals surface area contributed by atoms with Crippen molar-refractivity contribution >= 4 is 23.6 Å². The van der Waals surface area contributed by atoms with Gasteiger partial charge in [-0.05, 0) is 14.0 Å². The molecule has 11 heteroatoms. The van der Waals surface area contributed by atoms with E-state index < -0.39 is 60.4 Å². The molecule has 0 saturated carbocycles. The van der Waals surface area contributed by atoms with Gasteiger partial charge in [0.2, 0.25) is 23.6 Å². The molecule has 0 saturated heterocycles. The molecule has 1 rings (SSSR count). The molecule has 146 valence electrons. The van der Waals surface area contributed by atoms with E-state index in [9.17, 15) is 29.4 Å². The second kappa shape index (κ2) is 9.27. The van der Waals surface area contributed by atoms with Gasteiger partial charge in [0, 0.05) is 12.0 Å². The maximum atomic E-state index is 12.3. The van der Waals surface area contributed by atoms with Gasteiger partial charge in [-0.25, -0.2) is 0 Å². The Bertz CT molecular complexity index is 607. The Balaban J connectivity index is 2.93. The van der Waals surface area contributed by atoms with Gasteiger partial charge in [0.1, 0.15) is 12.1 Å². The highest BCUT2D eigenvalue weighted by Crippen LogP contribution is 2.20. The van der Waals surface area contributed by atoms with E-state index in [1.165, 1.54) is 6.08 Å². The number of nitrogens with one attached hydrogen (secondary N) is 3. The van der Waals surface area contributed by atoms with Gasteiger partial charge in [0.05, 0.1) is 24.6 Å². The summed E-state index contributed by atoms with van der Waals surface area (Å²) in [7, 11) is 1.58. The summed E-state index contributed by atoms with van der Waals surface area (Å²) in [5.41, 5.74) is 10.2. The minimum absolute atomic E-state index is 0.0286. The highest BCUT2D eigenvalue weighted by Gasteiger charge is 2.35. The molecule has 4 amide bonds. The van der Waals surface area contributed by atoms with Gasteiger partial charge in [-0.2, -0.15) is 0 Å². The molecule has 0 aromatic carbocycles. The smallest absolute Gasteiger partial charge is 0.247 e. The lowest BCUT2D eigenvalue weighted by Gasteiger charge is -2.32. The zero-order valence-electron chi connectivity index (χ0n) is 14.6. The van der Waals surface area contributed by atoms with Crippen LogP contribution in [0.5, 0.6) is 0 Å². The predicted octanol–water partition coefficient (Wildman–Crippen LogP) is -4.02. The van der Waals surface area contributed by atoms with Crippen molar-refractivity contribution in [3.8, 4) is 0 Å². The molecular formula is C15H25N5O6. The van der Waals surface area contributed by atoms with Crippen LogP contribution in [0.15, 0.2) is 11.6 Å². The number of carbonyl (C=O) groups excluding carboxylic acids is 4. The first-order valence-electron chi connectivity index (χ1n) is 7.99. The van der Waals surface area contributed by atoms with Gasteiger partial charge in [0.15, 0.2) is 0 Å². The van der Waals surface area contributed by atoms with E-state index in [1.54, 1.807) is 14.0 Å². The molecule has 9 N–H and O–H groups in total. The SMILES string of the molecule is CNC(C)C(=O)NC1C=C(C(=O)NC(CC(N)=O)C(N)=O)CC(O)C1O. The van der Waals surface area contributed by atoms with Crippen LogP contribution in [0, 0.1) is 0 Å². The number of rotatable bonds is 8. The van der Waals surface area contributed by atoms with E-state index in [1.807, 2.05) is 0 Å². The molecule has 0 aliphatic heterocycles. The largest absolute Gasteiger partial charge is 0.390 e. The van der Waals surface area contributed by atoms with Crippen molar-refractivity contribution in [3.05, 3.63) is 11.6 Å². The molecule has 26 heavy (non-hydrogen) atoms. The third-order valence-electron chi connectivity index (χ3n) is 4.05. The molecule has 0 radical (unpaired) electrons. The highest BCUT2D eigenvalue weighted by atomic mass is 16.3. The van der Waals surface area contributed by atoms with E-state index in [4.69, 9.17) is 11.5 Å². The van der Waals surface area contributed by atoms with Gasteiger partial charge < -0.3 is 37.6 Å². The number of likely N-dealkylation sites (N-methyl/N-ethyl adjacent to an activating group) is 1. The fraction of sp³-hybridized carbons (Fsp3) is 0.600. The van der Waals surface area contributed by atoms with E-state index in [-0.39, 0.29) is 12.0 Å². The van der Waals surface area contributed by atoms with Crippen LogP contribution in [-0.2, 0) is 19.2 Å². The van der Waals surface area contributed by atoms with Crippen LogP contribution in [0.1, 0.15) is 19.8 Å². The van der Waals surface area contributed by atoms with Crippen molar-refractivity contribution in [2.75, 3.05) is 7.05 Å². The summed E-state index contributed by atoms with van der Waals surface area (Å²) >= 11 is 0. The van der Waals surface area contributed by atoms with E-state index in [0.717, 1.165) is 0 Å². The van der Waals surface area contributed by atoms with Crippen molar-refractivity contribution < 1.29 is 29.4 Å². The van der Waals surface area contributed by atoms with Crippen LogP contribution >= 0.6 is 0 Å². The van der Waals surface area contributed by atoms with Crippen LogP contribution in [0.3, 0.4) is 0 Å². The molecule has 1 aliphatic carbocycles. The topological polar surface area (TPSA) is 197 Å². The van der Waals surface area contributed by atoms with Crippen molar-refractivity contribution in [3.63, 3.8) is 0 Å². The van der Waals surface area contributed by atoms with Gasteiger partial charge in [-0.1, -0.05) is 6.08 Å². The summed E-state index contributed by atoms with van der Waals surface area (Å²) in [5.74, 6) is -2.97. The number of amides is 4. The quantitative estimate of drug-likeness (QED) is 0.225.